The van der Waals surface area contributed by atoms with Gasteiger partial charge in [-0.05, 0) is 6.42 Å². The number of hydrogen-bond acceptors (Lipinski definition) is 13. The number of ether oxygens (including phenoxy) is 10. The summed E-state index contributed by atoms with van der Waals surface area (Å²) in [5.41, 5.74) is 0. The molecule has 368 valence electrons. The number of rotatable bonds is 41. The number of hydrogen-bond donors (Lipinski definition) is 0. The van der Waals surface area contributed by atoms with Crippen molar-refractivity contribution in [1.29, 1.82) is 0 Å². The fourth-order valence-corrected chi connectivity index (χ4v) is 6.63. The monoisotopic (exact) mass is 958 g/mol. The van der Waals surface area contributed by atoms with E-state index in [4.69, 9.17) is 55.9 Å². The molecule has 0 saturated carbocycles. The fraction of sp³-hybridized carbons (Fsp3) is 1.00. The molecule has 0 aliphatic heterocycles. The number of halogens is 15. The van der Waals surface area contributed by atoms with Crippen LogP contribution in [0.5, 0.6) is 0 Å². The normalized spacial score (nSPS) is 14.1. The molecule has 0 radical (unpaired) electrons. The Labute approximate surface area is 343 Å². The van der Waals surface area contributed by atoms with E-state index in [1.165, 1.54) is 21.3 Å². The van der Waals surface area contributed by atoms with E-state index >= 15 is 0 Å². The Balaban J connectivity index is 5.91. The highest BCUT2D eigenvalue weighted by Crippen LogP contribution is 2.62. The zero-order chi connectivity index (χ0) is 46.7. The minimum atomic E-state index is -8.40. The zero-order valence-electron chi connectivity index (χ0n) is 33.5. The van der Waals surface area contributed by atoms with E-state index in [1.54, 1.807) is 0 Å². The molecule has 0 aliphatic carbocycles. The summed E-state index contributed by atoms with van der Waals surface area (Å²) in [7, 11) is 0.336. The van der Waals surface area contributed by atoms with Gasteiger partial charge >= 0.3 is 50.5 Å². The van der Waals surface area contributed by atoms with Crippen LogP contribution in [0.4, 0.5) is 65.9 Å². The van der Waals surface area contributed by atoms with Gasteiger partial charge in [0.15, 0.2) is 0 Å². The van der Waals surface area contributed by atoms with Crippen LogP contribution >= 0.6 is 0 Å². The Bertz CT molecular complexity index is 1060. The van der Waals surface area contributed by atoms with Crippen molar-refractivity contribution in [3.8, 4) is 0 Å². The van der Waals surface area contributed by atoms with Crippen molar-refractivity contribution in [1.82, 2.24) is 0 Å². The van der Waals surface area contributed by atoms with Gasteiger partial charge in [0.05, 0.1) is 119 Å². The van der Waals surface area contributed by atoms with Crippen molar-refractivity contribution in [2.45, 2.75) is 54.2 Å². The highest BCUT2D eigenvalue weighted by molar-refractivity contribution is 6.60. The Morgan fingerprint density at radius 3 is 0.902 bits per heavy atom. The van der Waals surface area contributed by atoms with E-state index < -0.39 is 76.2 Å². The summed E-state index contributed by atoms with van der Waals surface area (Å²) < 4.78 is 272. The van der Waals surface area contributed by atoms with Crippen LogP contribution < -0.4 is 0 Å². The van der Waals surface area contributed by atoms with Crippen molar-refractivity contribution in [2.75, 3.05) is 153 Å². The fourth-order valence-electron chi connectivity index (χ4n) is 4.18. The van der Waals surface area contributed by atoms with Crippen LogP contribution in [0.2, 0.25) is 6.04 Å². The maximum absolute atomic E-state index is 14.4. The van der Waals surface area contributed by atoms with Crippen LogP contribution in [0.1, 0.15) is 6.42 Å². The maximum atomic E-state index is 14.4. The molecule has 0 heterocycles. The zero-order valence-corrected chi connectivity index (χ0v) is 34.5. The predicted octanol–water partition coefficient (Wildman–Crippen LogP) is 5.79. The highest BCUT2D eigenvalue weighted by atomic mass is 28.4. The average molecular weight is 959 g/mol. The number of alkyl halides is 15. The summed E-state index contributed by atoms with van der Waals surface area (Å²) in [6, 6.07) is -0.428. The van der Waals surface area contributed by atoms with Gasteiger partial charge in [-0.2, -0.15) is 65.9 Å². The molecular weight excluding hydrogens is 905 g/mol. The van der Waals surface area contributed by atoms with E-state index in [0.29, 0.717) is 19.8 Å². The molecule has 0 N–H and O–H groups in total. The van der Waals surface area contributed by atoms with Crippen LogP contribution in [0, 0.1) is 0 Å². The van der Waals surface area contributed by atoms with Crippen LogP contribution in [0.3, 0.4) is 0 Å². The van der Waals surface area contributed by atoms with Gasteiger partial charge in [0, 0.05) is 34.0 Å². The first-order valence-corrected chi connectivity index (χ1v) is 20.1. The molecule has 0 bridgehead atoms. The van der Waals surface area contributed by atoms with Crippen LogP contribution in [-0.2, 0) is 60.6 Å². The van der Waals surface area contributed by atoms with Gasteiger partial charge in [0.2, 0.25) is 0 Å². The van der Waals surface area contributed by atoms with Crippen molar-refractivity contribution in [3.63, 3.8) is 0 Å². The first-order valence-electron chi connectivity index (χ1n) is 18.2. The minimum Gasteiger partial charge on any atom is -0.382 e. The van der Waals surface area contributed by atoms with Crippen LogP contribution in [-0.4, -0.2) is 204 Å². The topological polar surface area (TPSA) is 120 Å². The lowest BCUT2D eigenvalue weighted by Crippen LogP contribution is -2.73. The third-order valence-electron chi connectivity index (χ3n) is 7.51. The van der Waals surface area contributed by atoms with Gasteiger partial charge in [0.25, 0.3) is 0 Å². The molecule has 0 aromatic carbocycles. The molecule has 0 spiro atoms. The van der Waals surface area contributed by atoms with E-state index in [2.05, 4.69) is 4.74 Å². The molecule has 13 nitrogen and oxygen atoms in total. The lowest BCUT2D eigenvalue weighted by atomic mass is 9.91. The summed E-state index contributed by atoms with van der Waals surface area (Å²) in [6.07, 6.45) is -8.26. The molecule has 0 aliphatic rings. The smallest absolute Gasteiger partial charge is 0.382 e. The molecule has 0 fully saturated rings. The first kappa shape index (κ1) is 59.6. The summed E-state index contributed by atoms with van der Waals surface area (Å²) in [5.74, 6) is -47.3. The van der Waals surface area contributed by atoms with Crippen molar-refractivity contribution in [3.05, 3.63) is 0 Å². The molecule has 0 aromatic heterocycles. The quantitative estimate of drug-likeness (QED) is 0.0418. The SMILES string of the molecule is COCCOCCOCCO[Si](CCCOCC(F)(F)C(F)(F)C(F)(F)C(F)(F)C(F)(F)C(F)(F)C(F)(F)F)(OCCOCCOCCOC)OCCOCCOCCOC. The molecule has 0 unspecified atom stereocenters. The standard InChI is InChI=1S/C32H53F15O13Si/c1-48-6-9-51-12-15-54-18-21-58-61(59-22-19-55-16-13-52-10-7-49-2,60-23-20-56-17-14-53-11-8-50-3)24-4-5-57-25-26(33,34)27(35,36)28(37,38)29(39,40)30(41,42)31(43,44)32(45,46)47/h4-25H2,1-3H3. The van der Waals surface area contributed by atoms with Gasteiger partial charge in [-0.15, -0.1) is 0 Å². The summed E-state index contributed by atoms with van der Waals surface area (Å²) in [4.78, 5) is 0. The van der Waals surface area contributed by atoms with E-state index in [1.807, 2.05) is 0 Å². The van der Waals surface area contributed by atoms with Crippen molar-refractivity contribution < 1.29 is 127 Å². The minimum absolute atomic E-state index is 0.0873. The molecular formula is C32H53F15O13Si. The molecule has 0 atom stereocenters. The number of methoxy groups -OCH3 is 3. The third kappa shape index (κ3) is 19.3. The van der Waals surface area contributed by atoms with Crippen LogP contribution in [0.25, 0.3) is 0 Å². The largest absolute Gasteiger partial charge is 0.501 e. The summed E-state index contributed by atoms with van der Waals surface area (Å²) >= 11 is 0. The molecule has 0 rings (SSSR count). The molecule has 0 amide bonds. The predicted molar refractivity (Wildman–Crippen MR) is 180 cm³/mol. The highest BCUT2D eigenvalue weighted by Gasteiger charge is 2.93. The van der Waals surface area contributed by atoms with Crippen LogP contribution in [0.15, 0.2) is 0 Å². The van der Waals surface area contributed by atoms with E-state index in [0.717, 1.165) is 0 Å². The lowest BCUT2D eigenvalue weighted by molar-refractivity contribution is -0.453. The second-order valence-corrected chi connectivity index (χ2v) is 14.8. The van der Waals surface area contributed by atoms with Gasteiger partial charge in [-0.1, -0.05) is 0 Å². The molecule has 0 saturated heterocycles. The Kier molecular flexibility index (Phi) is 28.6. The average Bonchev–Trinajstić information content (AvgIpc) is 3.17. The van der Waals surface area contributed by atoms with E-state index in [-0.39, 0.29) is 99.1 Å². The van der Waals surface area contributed by atoms with Gasteiger partial charge in [0.1, 0.15) is 6.61 Å². The van der Waals surface area contributed by atoms with E-state index in [9.17, 15) is 65.9 Å². The first-order chi connectivity index (χ1) is 28.4. The van der Waals surface area contributed by atoms with Crippen molar-refractivity contribution in [2.24, 2.45) is 0 Å². The molecule has 61 heavy (non-hydrogen) atoms. The molecule has 29 heteroatoms. The third-order valence-corrected chi connectivity index (χ3v) is 10.4. The second kappa shape index (κ2) is 29.2. The lowest BCUT2D eigenvalue weighted by Gasteiger charge is -2.41. The van der Waals surface area contributed by atoms with Crippen molar-refractivity contribution >= 4 is 8.80 Å². The van der Waals surface area contributed by atoms with Gasteiger partial charge in [-0.3, -0.25) is 0 Å². The Morgan fingerprint density at radius 2 is 0.590 bits per heavy atom. The maximum Gasteiger partial charge on any atom is 0.501 e. The second-order valence-electron chi connectivity index (χ2n) is 12.1. The van der Waals surface area contributed by atoms with Gasteiger partial charge < -0.3 is 60.6 Å². The molecule has 0 aromatic rings. The summed E-state index contributed by atoms with van der Waals surface area (Å²) in [5, 5.41) is 0. The summed E-state index contributed by atoms with van der Waals surface area (Å²) in [6.45, 7) is -2.63. The Morgan fingerprint density at radius 1 is 0.311 bits per heavy atom. The van der Waals surface area contributed by atoms with Gasteiger partial charge in [-0.25, -0.2) is 0 Å². The Hall–Kier alpha value is -1.35.